The predicted molar refractivity (Wildman–Crippen MR) is 97.2 cm³/mol. The van der Waals surface area contributed by atoms with Gasteiger partial charge in [-0.1, -0.05) is 11.6 Å². The summed E-state index contributed by atoms with van der Waals surface area (Å²) in [5.41, 5.74) is 2.49. The van der Waals surface area contributed by atoms with Crippen molar-refractivity contribution in [1.82, 2.24) is 4.98 Å². The van der Waals surface area contributed by atoms with Gasteiger partial charge in [-0.05, 0) is 36.4 Å². The highest BCUT2D eigenvalue weighted by molar-refractivity contribution is 6.31. The maximum Gasteiger partial charge on any atom is 0.119 e. The largest absolute Gasteiger partial charge is 0.497 e. The Labute approximate surface area is 145 Å². The molecule has 0 saturated heterocycles. The van der Waals surface area contributed by atoms with Gasteiger partial charge in [0.15, 0.2) is 0 Å². The van der Waals surface area contributed by atoms with E-state index in [1.165, 1.54) is 0 Å². The smallest absolute Gasteiger partial charge is 0.119 e. The summed E-state index contributed by atoms with van der Waals surface area (Å²) >= 11 is 6.12. The third kappa shape index (κ3) is 3.11. The molecule has 0 amide bonds. The molecule has 3 rings (SSSR count). The van der Waals surface area contributed by atoms with Crippen LogP contribution in [0.4, 0.5) is 5.69 Å². The molecular formula is C18H19ClN2O3. The summed E-state index contributed by atoms with van der Waals surface area (Å²) in [6, 6.07) is 11.2. The van der Waals surface area contributed by atoms with Crippen molar-refractivity contribution in [2.45, 2.75) is 0 Å². The number of pyridine rings is 1. The second-order valence-corrected chi connectivity index (χ2v) is 5.88. The quantitative estimate of drug-likeness (QED) is 0.672. The Hall–Kier alpha value is -2.08. The molecule has 0 atom stereocenters. The van der Waals surface area contributed by atoms with Crippen LogP contribution in [0.3, 0.4) is 0 Å². The van der Waals surface area contributed by atoms with Crippen LogP contribution in [0.1, 0.15) is 0 Å². The fourth-order valence-corrected chi connectivity index (χ4v) is 3.09. The van der Waals surface area contributed by atoms with Crippen molar-refractivity contribution in [3.63, 3.8) is 0 Å². The first-order valence-electron chi connectivity index (χ1n) is 7.71. The molecule has 0 unspecified atom stereocenters. The minimum absolute atomic E-state index is 0.0110. The monoisotopic (exact) mass is 346 g/mol. The fourth-order valence-electron chi connectivity index (χ4n) is 2.92. The number of halogens is 1. The van der Waals surface area contributed by atoms with Gasteiger partial charge in [0.2, 0.25) is 0 Å². The molecule has 0 aliphatic carbocycles. The number of aliphatic hydroxyl groups excluding tert-OH is 2. The van der Waals surface area contributed by atoms with Gasteiger partial charge in [-0.25, -0.2) is 4.98 Å². The molecule has 1 aromatic heterocycles. The van der Waals surface area contributed by atoms with E-state index in [1.807, 2.05) is 41.3 Å². The number of ether oxygens (including phenoxy) is 1. The first-order valence-corrected chi connectivity index (χ1v) is 8.09. The third-order valence-corrected chi connectivity index (χ3v) is 4.21. The fraction of sp³-hybridized carbons (Fsp3) is 0.278. The summed E-state index contributed by atoms with van der Waals surface area (Å²) in [4.78, 5) is 6.64. The average Bonchev–Trinajstić information content (AvgIpc) is 2.59. The van der Waals surface area contributed by atoms with E-state index < -0.39 is 0 Å². The van der Waals surface area contributed by atoms with Crippen LogP contribution < -0.4 is 9.64 Å². The molecule has 0 radical (unpaired) electrons. The van der Waals surface area contributed by atoms with Gasteiger partial charge >= 0.3 is 0 Å². The predicted octanol–water partition coefficient (Wildman–Crippen LogP) is 2.84. The molecule has 2 aromatic carbocycles. The van der Waals surface area contributed by atoms with Crippen molar-refractivity contribution in [2.75, 3.05) is 38.3 Å². The summed E-state index contributed by atoms with van der Waals surface area (Å²) in [6.45, 7) is 0.801. The molecule has 0 aliphatic heterocycles. The number of fused-ring (bicyclic) bond motifs is 2. The van der Waals surface area contributed by atoms with E-state index in [-0.39, 0.29) is 13.2 Å². The molecule has 0 saturated carbocycles. The molecule has 24 heavy (non-hydrogen) atoms. The number of hydrogen-bond acceptors (Lipinski definition) is 5. The van der Waals surface area contributed by atoms with E-state index in [1.54, 1.807) is 7.11 Å². The molecule has 0 bridgehead atoms. The molecule has 126 valence electrons. The molecule has 3 aromatic rings. The van der Waals surface area contributed by atoms with Crippen molar-refractivity contribution in [1.29, 1.82) is 0 Å². The number of rotatable bonds is 6. The lowest BCUT2D eigenvalue weighted by Crippen LogP contribution is -2.30. The third-order valence-electron chi connectivity index (χ3n) is 3.97. The standard InChI is InChI=1S/C18H19ClN2O3/c1-24-13-3-5-16-15(11-13)18(21(6-8-22)7-9-23)14-4-2-12(19)10-17(14)20-16/h2-5,10-11,22-23H,6-9H2,1H3. The van der Waals surface area contributed by atoms with Crippen molar-refractivity contribution >= 4 is 39.1 Å². The lowest BCUT2D eigenvalue weighted by Gasteiger charge is -2.26. The molecular weight excluding hydrogens is 328 g/mol. The summed E-state index contributed by atoms with van der Waals surface area (Å²) < 4.78 is 5.34. The van der Waals surface area contributed by atoms with Crippen LogP contribution in [0.5, 0.6) is 5.75 Å². The summed E-state index contributed by atoms with van der Waals surface area (Å²) in [5.74, 6) is 0.729. The van der Waals surface area contributed by atoms with Gasteiger partial charge in [0.1, 0.15) is 5.75 Å². The molecule has 2 N–H and O–H groups in total. The Morgan fingerprint density at radius 1 is 1.00 bits per heavy atom. The summed E-state index contributed by atoms with van der Waals surface area (Å²) in [7, 11) is 1.62. The zero-order valence-corrected chi connectivity index (χ0v) is 14.1. The number of nitrogens with zero attached hydrogens (tertiary/aromatic N) is 2. The van der Waals surface area contributed by atoms with E-state index in [4.69, 9.17) is 16.3 Å². The highest BCUT2D eigenvalue weighted by Gasteiger charge is 2.16. The lowest BCUT2D eigenvalue weighted by atomic mass is 10.1. The van der Waals surface area contributed by atoms with Gasteiger partial charge in [0, 0.05) is 28.9 Å². The van der Waals surface area contributed by atoms with Crippen LogP contribution in [-0.4, -0.2) is 48.6 Å². The van der Waals surface area contributed by atoms with Crippen molar-refractivity contribution < 1.29 is 14.9 Å². The van der Waals surface area contributed by atoms with Gasteiger partial charge < -0.3 is 19.8 Å². The van der Waals surface area contributed by atoms with Crippen molar-refractivity contribution in [3.05, 3.63) is 41.4 Å². The van der Waals surface area contributed by atoms with Gasteiger partial charge in [-0.3, -0.25) is 0 Å². The Balaban J connectivity index is 2.36. The number of aromatic nitrogens is 1. The minimum Gasteiger partial charge on any atom is -0.497 e. The second-order valence-electron chi connectivity index (χ2n) is 5.44. The maximum atomic E-state index is 9.43. The topological polar surface area (TPSA) is 65.8 Å². The Morgan fingerprint density at radius 2 is 1.75 bits per heavy atom. The number of hydrogen-bond donors (Lipinski definition) is 2. The van der Waals surface area contributed by atoms with Crippen molar-refractivity contribution in [2.24, 2.45) is 0 Å². The molecule has 0 spiro atoms. The Kier molecular flexibility index (Phi) is 5.04. The molecule has 0 aliphatic rings. The zero-order chi connectivity index (χ0) is 17.1. The van der Waals surface area contributed by atoms with Gasteiger partial charge in [0.25, 0.3) is 0 Å². The van der Waals surface area contributed by atoms with Crippen LogP contribution in [0, 0.1) is 0 Å². The van der Waals surface area contributed by atoms with Crippen molar-refractivity contribution in [3.8, 4) is 5.75 Å². The number of benzene rings is 2. The molecule has 5 nitrogen and oxygen atoms in total. The molecule has 1 heterocycles. The van der Waals surface area contributed by atoms with Gasteiger partial charge in [-0.15, -0.1) is 0 Å². The number of anilines is 1. The molecule has 0 fully saturated rings. The number of methoxy groups -OCH3 is 1. The SMILES string of the molecule is COc1ccc2nc3cc(Cl)ccc3c(N(CCO)CCO)c2c1. The second kappa shape index (κ2) is 7.21. The van der Waals surface area contributed by atoms with E-state index in [0.29, 0.717) is 18.1 Å². The number of aliphatic hydroxyl groups is 2. The first-order chi connectivity index (χ1) is 11.7. The minimum atomic E-state index is -0.0110. The van der Waals surface area contributed by atoms with E-state index in [9.17, 15) is 10.2 Å². The van der Waals surface area contributed by atoms with Crippen LogP contribution in [0.25, 0.3) is 21.8 Å². The van der Waals surface area contributed by atoms with Crippen LogP contribution in [0.2, 0.25) is 5.02 Å². The summed E-state index contributed by atoms with van der Waals surface area (Å²) in [6.07, 6.45) is 0. The van der Waals surface area contributed by atoms with Gasteiger partial charge in [0.05, 0.1) is 37.0 Å². The normalized spacial score (nSPS) is 11.2. The zero-order valence-electron chi connectivity index (χ0n) is 13.4. The Bertz CT molecular complexity index is 864. The average molecular weight is 347 g/mol. The van der Waals surface area contributed by atoms with Crippen LogP contribution in [-0.2, 0) is 0 Å². The van der Waals surface area contributed by atoms with E-state index in [0.717, 1.165) is 33.2 Å². The first kappa shape index (κ1) is 16.8. The van der Waals surface area contributed by atoms with Gasteiger partial charge in [-0.2, -0.15) is 0 Å². The van der Waals surface area contributed by atoms with E-state index >= 15 is 0 Å². The van der Waals surface area contributed by atoms with E-state index in [2.05, 4.69) is 4.98 Å². The molecule has 6 heteroatoms. The van der Waals surface area contributed by atoms with Crippen LogP contribution >= 0.6 is 11.6 Å². The highest BCUT2D eigenvalue weighted by Crippen LogP contribution is 2.36. The highest BCUT2D eigenvalue weighted by atomic mass is 35.5. The lowest BCUT2D eigenvalue weighted by molar-refractivity contribution is 0.281. The van der Waals surface area contributed by atoms with Crippen LogP contribution in [0.15, 0.2) is 36.4 Å². The maximum absolute atomic E-state index is 9.43. The Morgan fingerprint density at radius 3 is 2.42 bits per heavy atom. The summed E-state index contributed by atoms with van der Waals surface area (Å²) in [5, 5.41) is 21.3.